The van der Waals surface area contributed by atoms with Gasteiger partial charge in [0.25, 0.3) is 0 Å². The summed E-state index contributed by atoms with van der Waals surface area (Å²) < 4.78 is 4.22. The van der Waals surface area contributed by atoms with E-state index in [1.807, 2.05) is 0 Å². The van der Waals surface area contributed by atoms with Crippen LogP contribution >= 0.6 is 0 Å². The van der Waals surface area contributed by atoms with Crippen molar-refractivity contribution in [2.45, 2.75) is 13.3 Å². The zero-order valence-electron chi connectivity index (χ0n) is 5.01. The summed E-state index contributed by atoms with van der Waals surface area (Å²) in [6.07, 6.45) is 1.72. The summed E-state index contributed by atoms with van der Waals surface area (Å²) >= 11 is 0. The second-order valence-electron chi connectivity index (χ2n) is 1.75. The molecule has 0 amide bonds. The van der Waals surface area contributed by atoms with Gasteiger partial charge in [0.2, 0.25) is 0 Å². The molecule has 1 aliphatic heterocycles. The Morgan fingerprint density at radius 3 is 2.44 bits per heavy atom. The van der Waals surface area contributed by atoms with Crippen LogP contribution in [0, 0.1) is 0 Å². The highest BCUT2D eigenvalue weighted by Crippen LogP contribution is 2.13. The Hall–Kier alpha value is -1.12. The Morgan fingerprint density at radius 1 is 1.56 bits per heavy atom. The lowest BCUT2D eigenvalue weighted by atomic mass is 10.2. The van der Waals surface area contributed by atoms with Gasteiger partial charge >= 0.3 is 11.9 Å². The van der Waals surface area contributed by atoms with E-state index in [9.17, 15) is 9.59 Å². The second kappa shape index (κ2) is 2.01. The molecule has 0 saturated carbocycles. The van der Waals surface area contributed by atoms with Crippen LogP contribution in [0.15, 0.2) is 11.6 Å². The average Bonchev–Trinajstić information content (AvgIpc) is 2.10. The molecule has 1 saturated heterocycles. The lowest BCUT2D eigenvalue weighted by molar-refractivity contribution is -0.151. The van der Waals surface area contributed by atoms with Gasteiger partial charge in [-0.1, -0.05) is 6.08 Å². The molecule has 0 aromatic heterocycles. The Labute approximate surface area is 52.3 Å². The van der Waals surface area contributed by atoms with Crippen LogP contribution in [-0.2, 0) is 14.3 Å². The highest BCUT2D eigenvalue weighted by Gasteiger charge is 2.25. The molecule has 3 nitrogen and oxygen atoms in total. The largest absolute Gasteiger partial charge is 0.389 e. The van der Waals surface area contributed by atoms with E-state index >= 15 is 0 Å². The van der Waals surface area contributed by atoms with Crippen molar-refractivity contribution in [1.29, 1.82) is 0 Å². The Kier molecular flexibility index (Phi) is 1.34. The number of allylic oxidation sites excluding steroid dienone is 1. The molecule has 9 heavy (non-hydrogen) atoms. The molecule has 1 fully saturated rings. The average molecular weight is 126 g/mol. The predicted octanol–water partition coefficient (Wildman–Crippen LogP) is 0.406. The minimum Gasteiger partial charge on any atom is -0.389 e. The van der Waals surface area contributed by atoms with Crippen LogP contribution in [0.2, 0.25) is 0 Å². The van der Waals surface area contributed by atoms with E-state index in [1.165, 1.54) is 0 Å². The molecule has 1 rings (SSSR count). The van der Waals surface area contributed by atoms with Crippen molar-refractivity contribution in [2.75, 3.05) is 0 Å². The predicted molar refractivity (Wildman–Crippen MR) is 29.5 cm³/mol. The minimum atomic E-state index is -0.498. The number of carbonyl (C=O) groups is 2. The maximum absolute atomic E-state index is 10.5. The number of carbonyl (C=O) groups excluding carboxylic acids is 2. The van der Waals surface area contributed by atoms with E-state index in [0.717, 1.165) is 0 Å². The first-order valence-corrected chi connectivity index (χ1v) is 2.64. The maximum atomic E-state index is 10.5. The quantitative estimate of drug-likeness (QED) is 0.268. The first kappa shape index (κ1) is 6.01. The molecule has 1 aliphatic rings. The molecule has 0 atom stereocenters. The summed E-state index contributed by atoms with van der Waals surface area (Å²) in [5, 5.41) is 0. The van der Waals surface area contributed by atoms with Gasteiger partial charge < -0.3 is 4.74 Å². The summed E-state index contributed by atoms with van der Waals surface area (Å²) in [6, 6.07) is 0. The van der Waals surface area contributed by atoms with Crippen molar-refractivity contribution in [1.82, 2.24) is 0 Å². The normalized spacial score (nSPS) is 23.0. The van der Waals surface area contributed by atoms with E-state index in [4.69, 9.17) is 0 Å². The lowest BCUT2D eigenvalue weighted by Gasteiger charge is -1.82. The molecule has 0 aromatic carbocycles. The van der Waals surface area contributed by atoms with Gasteiger partial charge in [-0.3, -0.25) is 4.79 Å². The number of cyclic esters (lactones) is 2. The first-order chi connectivity index (χ1) is 4.24. The highest BCUT2D eigenvalue weighted by atomic mass is 16.6. The van der Waals surface area contributed by atoms with Gasteiger partial charge in [0.05, 0.1) is 6.42 Å². The van der Waals surface area contributed by atoms with Crippen LogP contribution in [0.5, 0.6) is 0 Å². The number of hydrogen-bond donors (Lipinski definition) is 0. The van der Waals surface area contributed by atoms with E-state index in [2.05, 4.69) is 4.74 Å². The molecular formula is C6H6O3. The fourth-order valence-corrected chi connectivity index (χ4v) is 0.653. The van der Waals surface area contributed by atoms with E-state index < -0.39 is 11.9 Å². The summed E-state index contributed by atoms with van der Waals surface area (Å²) in [6.45, 7) is 1.70. The maximum Gasteiger partial charge on any atom is 0.341 e. The second-order valence-corrected chi connectivity index (χ2v) is 1.75. The molecule has 3 heteroatoms. The summed E-state index contributed by atoms with van der Waals surface area (Å²) in [5.74, 6) is -0.949. The van der Waals surface area contributed by atoms with Gasteiger partial charge in [0.1, 0.15) is 0 Å². The fraction of sp³-hybridized carbons (Fsp3) is 0.333. The van der Waals surface area contributed by atoms with Gasteiger partial charge in [-0.05, 0) is 6.92 Å². The number of ether oxygens (including phenoxy) is 1. The third kappa shape index (κ3) is 0.988. The zero-order valence-corrected chi connectivity index (χ0v) is 5.01. The van der Waals surface area contributed by atoms with Crippen molar-refractivity contribution in [2.24, 2.45) is 0 Å². The fourth-order valence-electron chi connectivity index (χ4n) is 0.653. The Morgan fingerprint density at radius 2 is 2.22 bits per heavy atom. The first-order valence-electron chi connectivity index (χ1n) is 2.64. The molecule has 0 unspecified atom stereocenters. The van der Waals surface area contributed by atoms with Crippen LogP contribution in [0.4, 0.5) is 0 Å². The van der Waals surface area contributed by atoms with Gasteiger partial charge in [0, 0.05) is 5.57 Å². The molecule has 0 aliphatic carbocycles. The van der Waals surface area contributed by atoms with Crippen molar-refractivity contribution in [3.8, 4) is 0 Å². The van der Waals surface area contributed by atoms with Gasteiger partial charge in [-0.25, -0.2) is 4.79 Å². The van der Waals surface area contributed by atoms with Crippen LogP contribution in [0.1, 0.15) is 13.3 Å². The molecule has 48 valence electrons. The monoisotopic (exact) mass is 126 g/mol. The third-order valence-corrected chi connectivity index (χ3v) is 1.15. The lowest BCUT2D eigenvalue weighted by Crippen LogP contribution is -1.96. The van der Waals surface area contributed by atoms with Crippen LogP contribution < -0.4 is 0 Å². The van der Waals surface area contributed by atoms with Crippen molar-refractivity contribution in [3.05, 3.63) is 11.6 Å². The zero-order chi connectivity index (χ0) is 6.85. The molecule has 0 spiro atoms. The van der Waals surface area contributed by atoms with Crippen LogP contribution in [0.3, 0.4) is 0 Å². The molecule has 0 N–H and O–H groups in total. The van der Waals surface area contributed by atoms with E-state index in [0.29, 0.717) is 5.57 Å². The number of esters is 2. The highest BCUT2D eigenvalue weighted by molar-refractivity contribution is 6.05. The number of hydrogen-bond acceptors (Lipinski definition) is 3. The topological polar surface area (TPSA) is 43.4 Å². The number of rotatable bonds is 0. The van der Waals surface area contributed by atoms with E-state index in [-0.39, 0.29) is 6.42 Å². The SMILES string of the molecule is CC=C1CC(=O)OC1=O. The summed E-state index contributed by atoms with van der Waals surface area (Å²) in [5.41, 5.74) is 0.458. The van der Waals surface area contributed by atoms with Crippen LogP contribution in [0.25, 0.3) is 0 Å². The molecular weight excluding hydrogens is 120 g/mol. The molecule has 1 heterocycles. The smallest absolute Gasteiger partial charge is 0.341 e. The third-order valence-electron chi connectivity index (χ3n) is 1.15. The van der Waals surface area contributed by atoms with Crippen molar-refractivity contribution in [3.63, 3.8) is 0 Å². The summed E-state index contributed by atoms with van der Waals surface area (Å²) in [4.78, 5) is 20.8. The van der Waals surface area contributed by atoms with Gasteiger partial charge in [0.15, 0.2) is 0 Å². The molecule has 0 bridgehead atoms. The van der Waals surface area contributed by atoms with Gasteiger partial charge in [-0.2, -0.15) is 0 Å². The standard InChI is InChI=1S/C6H6O3/c1-2-4-3-5(7)9-6(4)8/h2H,3H2,1H3. The minimum absolute atomic E-state index is 0.134. The van der Waals surface area contributed by atoms with E-state index in [1.54, 1.807) is 13.0 Å². The van der Waals surface area contributed by atoms with Gasteiger partial charge in [-0.15, -0.1) is 0 Å². The summed E-state index contributed by atoms with van der Waals surface area (Å²) in [7, 11) is 0. The molecule has 0 aromatic rings. The Balaban J connectivity index is 2.81. The molecule has 0 radical (unpaired) electrons. The Bertz CT molecular complexity index is 190. The van der Waals surface area contributed by atoms with Crippen molar-refractivity contribution >= 4 is 11.9 Å². The van der Waals surface area contributed by atoms with Crippen LogP contribution in [-0.4, -0.2) is 11.9 Å². The van der Waals surface area contributed by atoms with Crippen molar-refractivity contribution < 1.29 is 14.3 Å².